The summed E-state index contributed by atoms with van der Waals surface area (Å²) in [6.45, 7) is 7.86. The second kappa shape index (κ2) is 9.46. The summed E-state index contributed by atoms with van der Waals surface area (Å²) in [5, 5.41) is 0. The van der Waals surface area contributed by atoms with Crippen LogP contribution in [-0.4, -0.2) is 23.6 Å². The summed E-state index contributed by atoms with van der Waals surface area (Å²) in [5.41, 5.74) is 8.28. The largest absolute Gasteiger partial charge is 0.274 e. The molecule has 1 saturated carbocycles. The van der Waals surface area contributed by atoms with Crippen LogP contribution < -0.4 is 9.80 Å². The van der Waals surface area contributed by atoms with E-state index in [1.54, 1.807) is 0 Å². The number of carbonyl (C=O) groups excluding carboxylic acids is 4. The monoisotopic (exact) mass is 582 g/mol. The summed E-state index contributed by atoms with van der Waals surface area (Å²) in [7, 11) is 0. The third-order valence-electron chi connectivity index (χ3n) is 10.8. The molecule has 2 heterocycles. The minimum Gasteiger partial charge on any atom is -0.274 e. The van der Waals surface area contributed by atoms with E-state index in [0.29, 0.717) is 17.8 Å². The van der Waals surface area contributed by atoms with Crippen molar-refractivity contribution in [2.45, 2.75) is 34.1 Å². The van der Waals surface area contributed by atoms with Crippen molar-refractivity contribution in [3.05, 3.63) is 112 Å². The smallest absolute Gasteiger partial charge is 0.238 e. The molecule has 4 amide bonds. The first-order valence-electron chi connectivity index (χ1n) is 15.5. The zero-order valence-electron chi connectivity index (χ0n) is 25.3. The van der Waals surface area contributed by atoms with E-state index >= 15 is 0 Å². The van der Waals surface area contributed by atoms with Crippen LogP contribution >= 0.6 is 0 Å². The number of imide groups is 2. The first kappa shape index (κ1) is 27.0. The number of aryl methyl sites for hydroxylation is 4. The van der Waals surface area contributed by atoms with Crippen LogP contribution in [0.4, 0.5) is 11.4 Å². The van der Waals surface area contributed by atoms with Crippen LogP contribution in [0.3, 0.4) is 0 Å². The Kier molecular flexibility index (Phi) is 5.80. The van der Waals surface area contributed by atoms with Crippen molar-refractivity contribution in [1.82, 2.24) is 0 Å². The Balaban J connectivity index is 1.29. The molecule has 9 rings (SSSR count). The zero-order valence-corrected chi connectivity index (χ0v) is 25.3. The van der Waals surface area contributed by atoms with Gasteiger partial charge >= 0.3 is 0 Å². The molecule has 44 heavy (non-hydrogen) atoms. The molecule has 6 aliphatic rings. The number of anilines is 2. The van der Waals surface area contributed by atoms with E-state index in [9.17, 15) is 19.2 Å². The maximum atomic E-state index is 14.5. The summed E-state index contributed by atoms with van der Waals surface area (Å²) < 4.78 is 0. The van der Waals surface area contributed by atoms with Crippen LogP contribution in [-0.2, 0) is 19.2 Å². The number of carbonyl (C=O) groups is 4. The molecule has 220 valence electrons. The molecule has 0 N–H and O–H groups in total. The van der Waals surface area contributed by atoms with Crippen LogP contribution in [0.2, 0.25) is 0 Å². The van der Waals surface area contributed by atoms with Crippen LogP contribution in [0.25, 0.3) is 5.57 Å². The Hall–Kier alpha value is -4.58. The SMILES string of the molecule is Cc1ccc(N2C(=O)[C@@H]3[C@H]4C=C[C@H](C5=C(c6ccccc6)C[C@H]6C(=O)N(c7ccc(C)cc7C)C(=O)[C@H]6[C@H]54)[C@H]3C2=O)c(C)c1. The number of allylic oxidation sites excluding steroid dienone is 4. The summed E-state index contributed by atoms with van der Waals surface area (Å²) in [6.07, 6.45) is 4.60. The fourth-order valence-electron chi connectivity index (χ4n) is 9.10. The average molecular weight is 583 g/mol. The summed E-state index contributed by atoms with van der Waals surface area (Å²) >= 11 is 0. The number of hydrogen-bond acceptors (Lipinski definition) is 4. The summed E-state index contributed by atoms with van der Waals surface area (Å²) in [5.74, 6) is -3.93. The second-order valence-electron chi connectivity index (χ2n) is 13.3. The topological polar surface area (TPSA) is 74.8 Å². The Bertz CT molecular complexity index is 1870. The van der Waals surface area contributed by atoms with Crippen LogP contribution in [0, 0.1) is 69.1 Å². The molecule has 3 aromatic rings. The van der Waals surface area contributed by atoms with Gasteiger partial charge in [-0.2, -0.15) is 0 Å². The molecule has 2 aliphatic heterocycles. The van der Waals surface area contributed by atoms with Gasteiger partial charge < -0.3 is 0 Å². The van der Waals surface area contributed by atoms with Gasteiger partial charge in [0.15, 0.2) is 0 Å². The van der Waals surface area contributed by atoms with E-state index < -0.39 is 23.7 Å². The average Bonchev–Trinajstić information content (AvgIpc) is 3.43. The highest BCUT2D eigenvalue weighted by Crippen LogP contribution is 2.63. The van der Waals surface area contributed by atoms with Crippen molar-refractivity contribution in [3.63, 3.8) is 0 Å². The van der Waals surface area contributed by atoms with Gasteiger partial charge in [-0.15, -0.1) is 0 Å². The van der Waals surface area contributed by atoms with Gasteiger partial charge in [-0.1, -0.05) is 83.4 Å². The Morgan fingerprint density at radius 3 is 1.77 bits per heavy atom. The number of rotatable bonds is 3. The highest BCUT2D eigenvalue weighted by molar-refractivity contribution is 6.25. The fourth-order valence-corrected chi connectivity index (χ4v) is 9.10. The third kappa shape index (κ3) is 3.54. The molecule has 3 aromatic carbocycles. The molecule has 0 radical (unpaired) electrons. The Morgan fingerprint density at radius 2 is 1.16 bits per heavy atom. The van der Waals surface area contributed by atoms with Crippen molar-refractivity contribution in [3.8, 4) is 0 Å². The van der Waals surface area contributed by atoms with Gasteiger partial charge in [0, 0.05) is 11.8 Å². The minimum atomic E-state index is -0.581. The van der Waals surface area contributed by atoms with Crippen molar-refractivity contribution in [1.29, 1.82) is 0 Å². The minimum absolute atomic E-state index is 0.169. The van der Waals surface area contributed by atoms with Gasteiger partial charge in [0.1, 0.15) is 0 Å². The quantitative estimate of drug-likeness (QED) is 0.276. The molecule has 0 spiro atoms. The molecule has 6 heteroatoms. The number of benzene rings is 3. The maximum Gasteiger partial charge on any atom is 0.238 e. The molecular formula is C38H34N2O4. The third-order valence-corrected chi connectivity index (χ3v) is 10.8. The summed E-state index contributed by atoms with van der Waals surface area (Å²) in [6, 6.07) is 21.6. The van der Waals surface area contributed by atoms with Crippen molar-refractivity contribution >= 4 is 40.6 Å². The zero-order chi connectivity index (χ0) is 30.6. The van der Waals surface area contributed by atoms with Gasteiger partial charge in [0.25, 0.3) is 0 Å². The first-order chi connectivity index (χ1) is 21.2. The molecule has 0 aromatic heterocycles. The second-order valence-corrected chi connectivity index (χ2v) is 13.3. The predicted octanol–water partition coefficient (Wildman–Crippen LogP) is 6.12. The van der Waals surface area contributed by atoms with Gasteiger partial charge in [0.2, 0.25) is 23.6 Å². The Morgan fingerprint density at radius 1 is 0.591 bits per heavy atom. The van der Waals surface area contributed by atoms with Crippen LogP contribution in [0.5, 0.6) is 0 Å². The van der Waals surface area contributed by atoms with E-state index in [1.807, 2.05) is 82.3 Å². The lowest BCUT2D eigenvalue weighted by Crippen LogP contribution is -2.51. The number of fused-ring (bicyclic) bond motifs is 1. The van der Waals surface area contributed by atoms with E-state index in [0.717, 1.165) is 39.0 Å². The Labute approximate surface area is 257 Å². The standard InChI is InChI=1S/C38H34N2O4/c1-19-10-14-28(21(3)16-19)39-35(41)27-18-26(23-8-6-5-7-9-23)30-24-12-13-25(31(30)34(27)38(39)44)33-32(24)36(42)40(37(33)43)29-15-11-20(2)17-22(29)4/h5-17,24-25,27,31-34H,18H2,1-4H3/t24-,25+,27-,31+,32-,33-,34-/m1/s1. The van der Waals surface area contributed by atoms with Crippen molar-refractivity contribution in [2.24, 2.45) is 41.4 Å². The molecule has 2 bridgehead atoms. The van der Waals surface area contributed by atoms with Gasteiger partial charge in [0.05, 0.1) is 35.0 Å². The number of nitrogens with zero attached hydrogens (tertiary/aromatic N) is 2. The number of amides is 4. The maximum absolute atomic E-state index is 14.5. The van der Waals surface area contributed by atoms with Gasteiger partial charge in [-0.05, 0) is 74.4 Å². The molecule has 7 atom stereocenters. The van der Waals surface area contributed by atoms with Crippen LogP contribution in [0.1, 0.15) is 34.2 Å². The van der Waals surface area contributed by atoms with E-state index in [1.165, 1.54) is 9.80 Å². The molecule has 0 unspecified atom stereocenters. The predicted molar refractivity (Wildman–Crippen MR) is 168 cm³/mol. The highest BCUT2D eigenvalue weighted by atomic mass is 16.2. The van der Waals surface area contributed by atoms with Gasteiger partial charge in [-0.25, -0.2) is 9.80 Å². The van der Waals surface area contributed by atoms with E-state index in [2.05, 4.69) is 24.3 Å². The molecule has 2 saturated heterocycles. The van der Waals surface area contributed by atoms with E-state index in [4.69, 9.17) is 0 Å². The lowest BCUT2D eigenvalue weighted by atomic mass is 9.49. The highest BCUT2D eigenvalue weighted by Gasteiger charge is 2.67. The molecule has 6 nitrogen and oxygen atoms in total. The molecule has 3 fully saturated rings. The lowest BCUT2D eigenvalue weighted by molar-refractivity contribution is -0.129. The first-order valence-corrected chi connectivity index (χ1v) is 15.5. The van der Waals surface area contributed by atoms with Crippen molar-refractivity contribution < 1.29 is 19.2 Å². The molecule has 4 aliphatic carbocycles. The van der Waals surface area contributed by atoms with Gasteiger partial charge in [-0.3, -0.25) is 19.2 Å². The van der Waals surface area contributed by atoms with Crippen molar-refractivity contribution in [2.75, 3.05) is 9.80 Å². The normalized spacial score (nSPS) is 30.3. The van der Waals surface area contributed by atoms with E-state index in [-0.39, 0.29) is 41.4 Å². The summed E-state index contributed by atoms with van der Waals surface area (Å²) in [4.78, 5) is 60.0. The number of hydrogen-bond donors (Lipinski definition) is 0. The van der Waals surface area contributed by atoms with Crippen LogP contribution in [0.15, 0.2) is 84.5 Å². The lowest BCUT2D eigenvalue weighted by Gasteiger charge is -2.51. The molecular weight excluding hydrogens is 548 g/mol. The fraction of sp³-hybridized carbons (Fsp3) is 0.316.